The monoisotopic (exact) mass is 443 g/mol. The fourth-order valence-electron chi connectivity index (χ4n) is 3.06. The minimum absolute atomic E-state index is 0.0291. The number of nitrogens with one attached hydrogen (secondary N) is 1. The fraction of sp³-hybridized carbons (Fsp3) is 0.227. The van der Waals surface area contributed by atoms with Crippen LogP contribution in [0.3, 0.4) is 0 Å². The van der Waals surface area contributed by atoms with Crippen molar-refractivity contribution in [2.75, 3.05) is 26.7 Å². The summed E-state index contributed by atoms with van der Waals surface area (Å²) in [5, 5.41) is 11.7. The van der Waals surface area contributed by atoms with E-state index in [9.17, 15) is 23.9 Å². The predicted molar refractivity (Wildman–Crippen MR) is 117 cm³/mol. The van der Waals surface area contributed by atoms with Gasteiger partial charge in [0.1, 0.15) is 11.6 Å². The van der Waals surface area contributed by atoms with Crippen molar-refractivity contribution in [2.45, 2.75) is 6.54 Å². The van der Waals surface area contributed by atoms with Gasteiger partial charge in [0.25, 0.3) is 11.1 Å². The summed E-state index contributed by atoms with van der Waals surface area (Å²) in [4.78, 5) is 39.7. The van der Waals surface area contributed by atoms with Gasteiger partial charge in [0.15, 0.2) is 0 Å². The van der Waals surface area contributed by atoms with E-state index in [1.54, 1.807) is 42.3 Å². The molecular weight excluding hydrogens is 421 g/mol. The summed E-state index contributed by atoms with van der Waals surface area (Å²) < 4.78 is 13.8. The second kappa shape index (κ2) is 10.2. The molecule has 1 fully saturated rings. The number of halogens is 1. The normalized spacial score (nSPS) is 15.2. The maximum absolute atomic E-state index is 13.8. The van der Waals surface area contributed by atoms with Gasteiger partial charge in [0.05, 0.1) is 11.4 Å². The summed E-state index contributed by atoms with van der Waals surface area (Å²) in [6.07, 6.45) is 1.36. The van der Waals surface area contributed by atoms with Crippen molar-refractivity contribution in [2.24, 2.45) is 0 Å². The number of aromatic hydroxyl groups is 1. The Balaban J connectivity index is 1.47. The molecule has 2 N–H and O–H groups in total. The molecule has 0 radical (unpaired) electrons. The molecule has 0 atom stereocenters. The number of nitrogens with zero attached hydrogens (tertiary/aromatic N) is 2. The van der Waals surface area contributed by atoms with Crippen molar-refractivity contribution >= 4 is 34.9 Å². The number of phenols is 1. The van der Waals surface area contributed by atoms with E-state index in [2.05, 4.69) is 5.32 Å². The summed E-state index contributed by atoms with van der Waals surface area (Å²) in [5.74, 6) is -1.07. The molecule has 0 aromatic heterocycles. The maximum atomic E-state index is 13.8. The molecule has 31 heavy (non-hydrogen) atoms. The Morgan fingerprint density at radius 3 is 2.74 bits per heavy atom. The largest absolute Gasteiger partial charge is 0.508 e. The predicted octanol–water partition coefficient (Wildman–Crippen LogP) is 2.82. The maximum Gasteiger partial charge on any atom is 0.293 e. The molecule has 1 aliphatic rings. The van der Waals surface area contributed by atoms with Crippen molar-refractivity contribution in [3.8, 4) is 5.75 Å². The summed E-state index contributed by atoms with van der Waals surface area (Å²) in [5.41, 5.74) is 1.10. The van der Waals surface area contributed by atoms with Gasteiger partial charge in [-0.1, -0.05) is 30.3 Å². The Morgan fingerprint density at radius 2 is 2.00 bits per heavy atom. The van der Waals surface area contributed by atoms with Gasteiger partial charge in [-0.25, -0.2) is 4.39 Å². The van der Waals surface area contributed by atoms with Gasteiger partial charge >= 0.3 is 0 Å². The Kier molecular flexibility index (Phi) is 7.43. The quantitative estimate of drug-likeness (QED) is 0.610. The van der Waals surface area contributed by atoms with Crippen LogP contribution in [-0.4, -0.2) is 58.6 Å². The highest BCUT2D eigenvalue weighted by molar-refractivity contribution is 8.18. The molecule has 1 aliphatic heterocycles. The molecule has 0 spiro atoms. The Morgan fingerprint density at radius 1 is 1.23 bits per heavy atom. The first-order chi connectivity index (χ1) is 14.8. The van der Waals surface area contributed by atoms with Crippen molar-refractivity contribution in [3.05, 3.63) is 70.4 Å². The molecule has 0 aliphatic carbocycles. The molecular formula is C22H22FN3O4S. The zero-order chi connectivity index (χ0) is 22.4. The van der Waals surface area contributed by atoms with Gasteiger partial charge in [-0.05, 0) is 48.6 Å². The van der Waals surface area contributed by atoms with Crippen LogP contribution >= 0.6 is 11.8 Å². The van der Waals surface area contributed by atoms with Crippen LogP contribution in [0.1, 0.15) is 11.1 Å². The molecule has 2 aromatic rings. The van der Waals surface area contributed by atoms with Gasteiger partial charge in [-0.2, -0.15) is 0 Å². The number of hydrogen-bond donors (Lipinski definition) is 2. The fourth-order valence-corrected chi connectivity index (χ4v) is 3.91. The van der Waals surface area contributed by atoms with Gasteiger partial charge in [0.2, 0.25) is 5.91 Å². The first kappa shape index (κ1) is 22.5. The van der Waals surface area contributed by atoms with Crippen molar-refractivity contribution in [1.82, 2.24) is 15.1 Å². The molecule has 3 amide bonds. The number of rotatable bonds is 8. The average molecular weight is 444 g/mol. The molecule has 0 saturated carbocycles. The second-order valence-electron chi connectivity index (χ2n) is 7.05. The lowest BCUT2D eigenvalue weighted by atomic mass is 10.2. The SMILES string of the molecule is CN(CC(=O)NCCN1C(=O)SC(=Cc2ccccc2F)C1=O)Cc1cccc(O)c1. The third kappa shape index (κ3) is 6.16. The van der Waals surface area contributed by atoms with Gasteiger partial charge < -0.3 is 10.4 Å². The van der Waals surface area contributed by atoms with Gasteiger partial charge in [0, 0.05) is 25.2 Å². The van der Waals surface area contributed by atoms with E-state index >= 15 is 0 Å². The Labute approximate surface area is 183 Å². The standard InChI is InChI=1S/C22H22FN3O4S/c1-25(13-15-5-4-7-17(27)11-15)14-20(28)24-9-10-26-21(29)19(31-22(26)30)12-16-6-2-3-8-18(16)23/h2-8,11-12,27H,9-10,13-14H2,1H3,(H,24,28). The average Bonchev–Trinajstić information content (AvgIpc) is 2.97. The topological polar surface area (TPSA) is 90.0 Å². The molecule has 1 saturated heterocycles. The zero-order valence-electron chi connectivity index (χ0n) is 16.9. The molecule has 9 heteroatoms. The molecule has 162 valence electrons. The van der Waals surface area contributed by atoms with Crippen molar-refractivity contribution < 1.29 is 23.9 Å². The lowest BCUT2D eigenvalue weighted by Gasteiger charge is -2.17. The number of likely N-dealkylation sites (N-methyl/N-ethyl adjacent to an activating group) is 1. The van der Waals surface area contributed by atoms with E-state index in [4.69, 9.17) is 0 Å². The summed E-state index contributed by atoms with van der Waals surface area (Å²) >= 11 is 0.748. The minimum Gasteiger partial charge on any atom is -0.508 e. The lowest BCUT2D eigenvalue weighted by Crippen LogP contribution is -2.40. The third-order valence-corrected chi connectivity index (χ3v) is 5.41. The Hall–Kier alpha value is -3.17. The van der Waals surface area contributed by atoms with E-state index in [-0.39, 0.29) is 41.8 Å². The van der Waals surface area contributed by atoms with Crippen LogP contribution < -0.4 is 5.32 Å². The number of hydrogen-bond acceptors (Lipinski definition) is 6. The smallest absolute Gasteiger partial charge is 0.293 e. The highest BCUT2D eigenvalue weighted by atomic mass is 32.2. The van der Waals surface area contributed by atoms with Crippen molar-refractivity contribution in [1.29, 1.82) is 0 Å². The number of phenolic OH excluding ortho intramolecular Hbond substituents is 1. The highest BCUT2D eigenvalue weighted by Crippen LogP contribution is 2.32. The van der Waals surface area contributed by atoms with Gasteiger partial charge in [-0.15, -0.1) is 0 Å². The first-order valence-electron chi connectivity index (χ1n) is 9.56. The van der Waals surface area contributed by atoms with E-state index in [1.165, 1.54) is 18.2 Å². The number of imide groups is 1. The number of thioether (sulfide) groups is 1. The third-order valence-electron chi connectivity index (χ3n) is 4.50. The summed E-state index contributed by atoms with van der Waals surface area (Å²) in [6.45, 7) is 0.738. The van der Waals surface area contributed by atoms with E-state index in [0.29, 0.717) is 6.54 Å². The van der Waals surface area contributed by atoms with Crippen molar-refractivity contribution in [3.63, 3.8) is 0 Å². The Bertz CT molecular complexity index is 1030. The number of benzene rings is 2. The van der Waals surface area contributed by atoms with Crippen LogP contribution in [0.5, 0.6) is 5.75 Å². The number of carbonyl (C=O) groups excluding carboxylic acids is 3. The lowest BCUT2D eigenvalue weighted by molar-refractivity contribution is -0.124. The van der Waals surface area contributed by atoms with Crippen LogP contribution in [0.25, 0.3) is 6.08 Å². The minimum atomic E-state index is -0.506. The van der Waals surface area contributed by atoms with E-state index in [1.807, 2.05) is 6.07 Å². The highest BCUT2D eigenvalue weighted by Gasteiger charge is 2.34. The van der Waals surface area contributed by atoms with Crippen LogP contribution in [0.15, 0.2) is 53.4 Å². The first-order valence-corrected chi connectivity index (χ1v) is 10.4. The molecule has 0 unspecified atom stereocenters. The number of carbonyl (C=O) groups is 3. The zero-order valence-corrected chi connectivity index (χ0v) is 17.7. The van der Waals surface area contributed by atoms with Crippen LogP contribution in [0, 0.1) is 5.82 Å². The summed E-state index contributed by atoms with van der Waals surface area (Å²) in [6, 6.07) is 12.8. The van der Waals surface area contributed by atoms with E-state index < -0.39 is 17.0 Å². The van der Waals surface area contributed by atoms with Crippen LogP contribution in [0.2, 0.25) is 0 Å². The molecule has 1 heterocycles. The second-order valence-corrected chi connectivity index (χ2v) is 8.04. The van der Waals surface area contributed by atoms with E-state index in [0.717, 1.165) is 22.2 Å². The molecule has 7 nitrogen and oxygen atoms in total. The van der Waals surface area contributed by atoms with Crippen LogP contribution in [0.4, 0.5) is 9.18 Å². The molecule has 0 bridgehead atoms. The van der Waals surface area contributed by atoms with Gasteiger partial charge in [-0.3, -0.25) is 24.2 Å². The molecule has 2 aromatic carbocycles. The molecule has 3 rings (SSSR count). The summed E-state index contributed by atoms with van der Waals surface area (Å²) in [7, 11) is 1.77. The van der Waals surface area contributed by atoms with Crippen LogP contribution in [-0.2, 0) is 16.1 Å². The number of amides is 3.